The van der Waals surface area contributed by atoms with Crippen LogP contribution in [0, 0.1) is 5.92 Å². The van der Waals surface area contributed by atoms with Crippen LogP contribution in [0.3, 0.4) is 0 Å². The second-order valence-electron chi connectivity index (χ2n) is 5.60. The molecule has 5 nitrogen and oxygen atoms in total. The number of aromatic nitrogens is 4. The number of rotatable bonds is 8. The van der Waals surface area contributed by atoms with Gasteiger partial charge in [0.2, 0.25) is 5.16 Å². The summed E-state index contributed by atoms with van der Waals surface area (Å²) in [6, 6.07) is 0. The Bertz CT molecular complexity index is 373. The monoisotopic (exact) mass is 297 g/mol. The summed E-state index contributed by atoms with van der Waals surface area (Å²) in [4.78, 5) is 0. The van der Waals surface area contributed by atoms with Gasteiger partial charge in [-0.05, 0) is 55.0 Å². The Balaban J connectivity index is 1.77. The van der Waals surface area contributed by atoms with E-state index in [9.17, 15) is 0 Å². The Kier molecular flexibility index (Phi) is 6.79. The van der Waals surface area contributed by atoms with Gasteiger partial charge in [-0.15, -0.1) is 5.10 Å². The summed E-state index contributed by atoms with van der Waals surface area (Å²) >= 11 is 1.87. The number of tetrazole rings is 1. The second-order valence-corrected chi connectivity index (χ2v) is 6.87. The van der Waals surface area contributed by atoms with Crippen molar-refractivity contribution in [2.75, 3.05) is 13.1 Å². The van der Waals surface area contributed by atoms with Crippen LogP contribution >= 0.6 is 11.8 Å². The van der Waals surface area contributed by atoms with Gasteiger partial charge in [-0.25, -0.2) is 4.68 Å². The smallest absolute Gasteiger partial charge is 0.209 e. The zero-order chi connectivity index (χ0) is 14.2. The Hall–Kier alpha value is -0.620. The fraction of sp³-hybridized carbons (Fsp3) is 0.929. The van der Waals surface area contributed by atoms with Gasteiger partial charge < -0.3 is 5.32 Å². The molecule has 1 aromatic rings. The van der Waals surface area contributed by atoms with Crippen LogP contribution in [0.4, 0.5) is 0 Å². The van der Waals surface area contributed by atoms with Gasteiger partial charge in [-0.2, -0.15) is 0 Å². The zero-order valence-corrected chi connectivity index (χ0v) is 13.5. The van der Waals surface area contributed by atoms with E-state index in [1.54, 1.807) is 0 Å². The average Bonchev–Trinajstić information content (AvgIpc) is 2.92. The zero-order valence-electron chi connectivity index (χ0n) is 12.7. The van der Waals surface area contributed by atoms with Crippen LogP contribution < -0.4 is 5.32 Å². The van der Waals surface area contributed by atoms with E-state index in [0.717, 1.165) is 37.1 Å². The number of thioether (sulfide) groups is 1. The molecule has 0 aliphatic heterocycles. The quantitative estimate of drug-likeness (QED) is 0.748. The van der Waals surface area contributed by atoms with Crippen molar-refractivity contribution in [1.29, 1.82) is 0 Å². The lowest BCUT2D eigenvalue weighted by Crippen LogP contribution is -2.22. The second kappa shape index (κ2) is 8.62. The molecule has 1 N–H and O–H groups in total. The van der Waals surface area contributed by atoms with Gasteiger partial charge in [0.15, 0.2) is 0 Å². The summed E-state index contributed by atoms with van der Waals surface area (Å²) in [5.41, 5.74) is 0. The topological polar surface area (TPSA) is 55.6 Å². The van der Waals surface area contributed by atoms with Gasteiger partial charge in [0.1, 0.15) is 0 Å². The number of nitrogens with one attached hydrogen (secondary N) is 1. The molecule has 1 aliphatic rings. The normalized spacial score (nSPS) is 23.1. The Labute approximate surface area is 126 Å². The fourth-order valence-corrected chi connectivity index (χ4v) is 3.85. The Morgan fingerprint density at radius 2 is 2.00 bits per heavy atom. The highest BCUT2D eigenvalue weighted by Gasteiger charge is 2.22. The first-order valence-electron chi connectivity index (χ1n) is 7.97. The van der Waals surface area contributed by atoms with Crippen LogP contribution in [-0.2, 0) is 6.54 Å². The van der Waals surface area contributed by atoms with Crippen molar-refractivity contribution in [3.63, 3.8) is 0 Å². The highest BCUT2D eigenvalue weighted by molar-refractivity contribution is 7.99. The molecule has 0 radical (unpaired) electrons. The van der Waals surface area contributed by atoms with Crippen molar-refractivity contribution in [2.24, 2.45) is 5.92 Å². The number of nitrogens with zero attached hydrogens (tertiary/aromatic N) is 4. The van der Waals surface area contributed by atoms with Crippen molar-refractivity contribution in [3.8, 4) is 0 Å². The largest absolute Gasteiger partial charge is 0.315 e. The molecule has 0 amide bonds. The van der Waals surface area contributed by atoms with E-state index in [1.807, 2.05) is 16.4 Å². The first kappa shape index (κ1) is 15.8. The Morgan fingerprint density at radius 3 is 2.70 bits per heavy atom. The van der Waals surface area contributed by atoms with E-state index < -0.39 is 0 Å². The molecule has 0 spiro atoms. The minimum Gasteiger partial charge on any atom is -0.315 e. The fourth-order valence-electron chi connectivity index (χ4n) is 2.71. The van der Waals surface area contributed by atoms with Gasteiger partial charge >= 0.3 is 0 Å². The molecule has 1 fully saturated rings. The third-order valence-electron chi connectivity index (χ3n) is 4.07. The van der Waals surface area contributed by atoms with Crippen LogP contribution in [-0.4, -0.2) is 38.5 Å². The molecular weight excluding hydrogens is 270 g/mol. The maximum atomic E-state index is 4.19. The highest BCUT2D eigenvalue weighted by Crippen LogP contribution is 2.35. The molecular formula is C14H27N5S. The maximum absolute atomic E-state index is 4.19. The average molecular weight is 297 g/mol. The number of hydrogen-bond donors (Lipinski definition) is 1. The van der Waals surface area contributed by atoms with Crippen LogP contribution in [0.2, 0.25) is 0 Å². The third-order valence-corrected chi connectivity index (χ3v) is 5.38. The highest BCUT2D eigenvalue weighted by atomic mass is 32.2. The van der Waals surface area contributed by atoms with Crippen LogP contribution in [0.1, 0.15) is 52.4 Å². The van der Waals surface area contributed by atoms with Crippen LogP contribution in [0.5, 0.6) is 0 Å². The SMILES string of the molecule is CCCNCCn1nnnc1SC1CCC(CC)CC1. The summed E-state index contributed by atoms with van der Waals surface area (Å²) in [7, 11) is 0. The summed E-state index contributed by atoms with van der Waals surface area (Å²) in [5, 5.41) is 17.2. The van der Waals surface area contributed by atoms with Crippen molar-refractivity contribution in [3.05, 3.63) is 0 Å². The first-order valence-corrected chi connectivity index (χ1v) is 8.85. The minimum atomic E-state index is 0.700. The Morgan fingerprint density at radius 1 is 1.20 bits per heavy atom. The van der Waals surface area contributed by atoms with E-state index in [4.69, 9.17) is 0 Å². The van der Waals surface area contributed by atoms with Crippen molar-refractivity contribution >= 4 is 11.8 Å². The van der Waals surface area contributed by atoms with Gasteiger partial charge in [0, 0.05) is 11.8 Å². The van der Waals surface area contributed by atoms with E-state index >= 15 is 0 Å². The van der Waals surface area contributed by atoms with Gasteiger partial charge in [0.05, 0.1) is 6.54 Å². The lowest BCUT2D eigenvalue weighted by molar-refractivity contribution is 0.355. The van der Waals surface area contributed by atoms with Crippen molar-refractivity contribution in [1.82, 2.24) is 25.5 Å². The van der Waals surface area contributed by atoms with E-state index in [-0.39, 0.29) is 0 Å². The summed E-state index contributed by atoms with van der Waals surface area (Å²) in [6.45, 7) is 7.35. The first-order chi connectivity index (χ1) is 9.83. The van der Waals surface area contributed by atoms with Gasteiger partial charge in [-0.3, -0.25) is 0 Å². The molecule has 0 saturated heterocycles. The summed E-state index contributed by atoms with van der Waals surface area (Å²) in [6.07, 6.45) is 7.85. The van der Waals surface area contributed by atoms with Gasteiger partial charge in [0.25, 0.3) is 0 Å². The molecule has 0 aromatic carbocycles. The molecule has 1 heterocycles. The number of hydrogen-bond acceptors (Lipinski definition) is 5. The molecule has 114 valence electrons. The predicted molar refractivity (Wildman–Crippen MR) is 82.9 cm³/mol. The van der Waals surface area contributed by atoms with Crippen molar-refractivity contribution in [2.45, 2.75) is 69.3 Å². The van der Waals surface area contributed by atoms with Crippen molar-refractivity contribution < 1.29 is 0 Å². The molecule has 6 heteroatoms. The van der Waals surface area contributed by atoms with Crippen LogP contribution in [0.15, 0.2) is 5.16 Å². The van der Waals surface area contributed by atoms with E-state index in [0.29, 0.717) is 5.25 Å². The minimum absolute atomic E-state index is 0.700. The molecule has 20 heavy (non-hydrogen) atoms. The molecule has 0 atom stereocenters. The lowest BCUT2D eigenvalue weighted by Gasteiger charge is -2.26. The molecule has 2 rings (SSSR count). The lowest BCUT2D eigenvalue weighted by atomic mass is 9.87. The maximum Gasteiger partial charge on any atom is 0.209 e. The molecule has 0 unspecified atom stereocenters. The molecule has 1 aromatic heterocycles. The molecule has 0 bridgehead atoms. The standard InChI is InChI=1S/C14H27N5S/c1-3-9-15-10-11-19-14(16-17-18-19)20-13-7-5-12(4-2)6-8-13/h12-13,15H,3-11H2,1-2H3. The van der Waals surface area contributed by atoms with E-state index in [1.165, 1.54) is 32.1 Å². The predicted octanol–water partition coefficient (Wildman–Crippen LogP) is 2.73. The van der Waals surface area contributed by atoms with Crippen LogP contribution in [0.25, 0.3) is 0 Å². The third kappa shape index (κ3) is 4.74. The summed E-state index contributed by atoms with van der Waals surface area (Å²) in [5.74, 6) is 0.945. The molecule has 1 aliphatic carbocycles. The summed E-state index contributed by atoms with van der Waals surface area (Å²) < 4.78 is 1.94. The van der Waals surface area contributed by atoms with Gasteiger partial charge in [-0.1, -0.05) is 32.0 Å². The van der Waals surface area contributed by atoms with E-state index in [2.05, 4.69) is 34.7 Å². The molecule has 1 saturated carbocycles.